The molecule has 0 aromatic heterocycles. The van der Waals surface area contributed by atoms with Gasteiger partial charge >= 0.3 is 0 Å². The number of ketones is 1. The van der Waals surface area contributed by atoms with Gasteiger partial charge in [-0.1, -0.05) is 24.3 Å². The summed E-state index contributed by atoms with van der Waals surface area (Å²) in [6, 6.07) is 12.3. The molecule has 24 heavy (non-hydrogen) atoms. The first-order valence-corrected chi connectivity index (χ1v) is 7.67. The smallest absolute Gasteiger partial charge is 0.187 e. The summed E-state index contributed by atoms with van der Waals surface area (Å²) in [7, 11) is 1.91. The minimum atomic E-state index is -0.337. The number of carbonyl (C=O) groups is 1. The topological polar surface area (TPSA) is 20.3 Å². The lowest BCUT2D eigenvalue weighted by Gasteiger charge is -2.26. The molecule has 0 bridgehead atoms. The molecule has 0 unspecified atom stereocenters. The third-order valence-electron chi connectivity index (χ3n) is 3.84. The number of likely N-dealkylation sites (N-methyl/N-ethyl adjacent to an activating group) is 1. The van der Waals surface area contributed by atoms with E-state index in [1.165, 1.54) is 24.3 Å². The van der Waals surface area contributed by atoms with E-state index in [9.17, 15) is 13.6 Å². The van der Waals surface area contributed by atoms with Gasteiger partial charge in [-0.05, 0) is 54.6 Å². The number of piperidine rings is 1. The fraction of sp³-hybridized carbons (Fsp3) is 0.150. The van der Waals surface area contributed by atoms with E-state index < -0.39 is 0 Å². The summed E-state index contributed by atoms with van der Waals surface area (Å²) in [4.78, 5) is 14.7. The molecule has 0 amide bonds. The van der Waals surface area contributed by atoms with Gasteiger partial charge in [0, 0.05) is 24.2 Å². The second-order valence-electron chi connectivity index (χ2n) is 5.95. The van der Waals surface area contributed by atoms with Crippen molar-refractivity contribution < 1.29 is 13.6 Å². The van der Waals surface area contributed by atoms with Crippen LogP contribution in [-0.2, 0) is 4.79 Å². The van der Waals surface area contributed by atoms with Crippen molar-refractivity contribution >= 4 is 17.9 Å². The van der Waals surface area contributed by atoms with Crippen molar-refractivity contribution in [2.75, 3.05) is 20.1 Å². The van der Waals surface area contributed by atoms with Crippen molar-refractivity contribution in [2.45, 2.75) is 0 Å². The molecule has 1 heterocycles. The Hall–Kier alpha value is -2.59. The zero-order valence-corrected chi connectivity index (χ0v) is 13.3. The molecular formula is C20H17F2NO. The lowest BCUT2D eigenvalue weighted by Crippen LogP contribution is -2.34. The van der Waals surface area contributed by atoms with Gasteiger partial charge < -0.3 is 0 Å². The molecular weight excluding hydrogens is 308 g/mol. The van der Waals surface area contributed by atoms with Gasteiger partial charge in [-0.3, -0.25) is 9.69 Å². The number of nitrogens with zero attached hydrogens (tertiary/aromatic N) is 1. The van der Waals surface area contributed by atoms with E-state index in [4.69, 9.17) is 0 Å². The lowest BCUT2D eigenvalue weighted by molar-refractivity contribution is -0.113. The zero-order chi connectivity index (χ0) is 17.1. The van der Waals surface area contributed by atoms with Crippen LogP contribution in [0.5, 0.6) is 0 Å². The van der Waals surface area contributed by atoms with Crippen LogP contribution in [0, 0.1) is 11.6 Å². The van der Waals surface area contributed by atoms with Crippen LogP contribution < -0.4 is 0 Å². The molecule has 4 heteroatoms. The number of hydrogen-bond donors (Lipinski definition) is 0. The molecule has 2 nitrogen and oxygen atoms in total. The highest BCUT2D eigenvalue weighted by atomic mass is 19.1. The molecule has 0 N–H and O–H groups in total. The Balaban J connectivity index is 1.94. The van der Waals surface area contributed by atoms with Crippen LogP contribution in [0.2, 0.25) is 0 Å². The third-order valence-corrected chi connectivity index (χ3v) is 3.84. The second-order valence-corrected chi connectivity index (χ2v) is 5.95. The standard InChI is InChI=1S/C20H17F2NO/c1-23-12-16(8-14-4-2-6-18(21)10-14)20(24)17(13-23)9-15-5-3-7-19(22)11-15/h2-11H,12-13H2,1H3/b16-8-,17-9+. The van der Waals surface area contributed by atoms with Gasteiger partial charge in [0.05, 0.1) is 0 Å². The summed E-state index contributed by atoms with van der Waals surface area (Å²) >= 11 is 0. The second kappa shape index (κ2) is 6.89. The molecule has 2 aromatic rings. The quantitative estimate of drug-likeness (QED) is 0.779. The summed E-state index contributed by atoms with van der Waals surface area (Å²) in [5.41, 5.74) is 2.49. The molecule has 1 aliphatic heterocycles. The average Bonchev–Trinajstić information content (AvgIpc) is 2.52. The van der Waals surface area contributed by atoms with E-state index in [-0.39, 0.29) is 17.4 Å². The zero-order valence-electron chi connectivity index (χ0n) is 13.3. The normalized spacial score (nSPS) is 19.2. The van der Waals surface area contributed by atoms with Crippen LogP contribution in [0.15, 0.2) is 59.7 Å². The predicted octanol–water partition coefficient (Wildman–Crippen LogP) is 3.95. The number of rotatable bonds is 2. The van der Waals surface area contributed by atoms with Crippen molar-refractivity contribution in [3.63, 3.8) is 0 Å². The minimum absolute atomic E-state index is 0.0818. The maximum absolute atomic E-state index is 13.3. The van der Waals surface area contributed by atoms with Crippen LogP contribution in [0.4, 0.5) is 8.78 Å². The highest BCUT2D eigenvalue weighted by molar-refractivity contribution is 6.14. The number of likely N-dealkylation sites (tertiary alicyclic amines) is 1. The molecule has 0 atom stereocenters. The van der Waals surface area contributed by atoms with E-state index >= 15 is 0 Å². The first-order chi connectivity index (χ1) is 11.5. The first kappa shape index (κ1) is 16.3. The fourth-order valence-electron chi connectivity index (χ4n) is 2.80. The first-order valence-electron chi connectivity index (χ1n) is 7.67. The molecule has 1 saturated heterocycles. The third kappa shape index (κ3) is 3.84. The molecule has 0 radical (unpaired) electrons. The molecule has 1 fully saturated rings. The van der Waals surface area contributed by atoms with Gasteiger partial charge in [0.25, 0.3) is 0 Å². The molecule has 1 aliphatic rings. The Labute approximate surface area is 139 Å². The molecule has 122 valence electrons. The van der Waals surface area contributed by atoms with Crippen molar-refractivity contribution in [1.82, 2.24) is 4.90 Å². The number of halogens is 2. The Bertz CT molecular complexity index is 772. The van der Waals surface area contributed by atoms with Gasteiger partial charge in [-0.2, -0.15) is 0 Å². The number of hydrogen-bond acceptors (Lipinski definition) is 2. The SMILES string of the molecule is CN1C/C(=C/c2cccc(F)c2)C(=O)/C(=C/c2cccc(F)c2)C1. The van der Waals surface area contributed by atoms with Crippen LogP contribution >= 0.6 is 0 Å². The molecule has 3 rings (SSSR count). The Kier molecular flexibility index (Phi) is 4.67. The molecule has 0 aliphatic carbocycles. The summed E-state index contributed by atoms with van der Waals surface area (Å²) in [6.07, 6.45) is 3.42. The minimum Gasteiger partial charge on any atom is -0.298 e. The molecule has 0 spiro atoms. The highest BCUT2D eigenvalue weighted by Crippen LogP contribution is 2.21. The van der Waals surface area contributed by atoms with Crippen molar-refractivity contribution in [3.8, 4) is 0 Å². The fourth-order valence-corrected chi connectivity index (χ4v) is 2.80. The van der Waals surface area contributed by atoms with Gasteiger partial charge in [-0.25, -0.2) is 8.78 Å². The maximum atomic E-state index is 13.3. The van der Waals surface area contributed by atoms with E-state index in [2.05, 4.69) is 0 Å². The average molecular weight is 325 g/mol. The van der Waals surface area contributed by atoms with Gasteiger partial charge in [0.15, 0.2) is 5.78 Å². The van der Waals surface area contributed by atoms with E-state index in [1.54, 1.807) is 36.4 Å². The van der Waals surface area contributed by atoms with E-state index in [0.29, 0.717) is 35.4 Å². The molecule has 0 saturated carbocycles. The Morgan fingerprint density at radius 3 is 1.75 bits per heavy atom. The van der Waals surface area contributed by atoms with Crippen molar-refractivity contribution in [3.05, 3.63) is 82.4 Å². The summed E-state index contributed by atoms with van der Waals surface area (Å²) in [5, 5.41) is 0. The number of carbonyl (C=O) groups excluding carboxylic acids is 1. The number of Topliss-reactive ketones (excluding diaryl/α,β-unsaturated/α-hetero) is 1. The summed E-state index contributed by atoms with van der Waals surface area (Å²) in [6.45, 7) is 0.992. The van der Waals surface area contributed by atoms with E-state index in [1.807, 2.05) is 11.9 Å². The largest absolute Gasteiger partial charge is 0.298 e. The molecule has 2 aromatic carbocycles. The number of benzene rings is 2. The van der Waals surface area contributed by atoms with Crippen molar-refractivity contribution in [1.29, 1.82) is 0 Å². The lowest BCUT2D eigenvalue weighted by atomic mass is 9.94. The van der Waals surface area contributed by atoms with Gasteiger partial charge in [-0.15, -0.1) is 0 Å². The monoisotopic (exact) mass is 325 g/mol. The van der Waals surface area contributed by atoms with Crippen LogP contribution in [0.1, 0.15) is 11.1 Å². The van der Waals surface area contributed by atoms with Crippen LogP contribution in [-0.4, -0.2) is 30.8 Å². The Morgan fingerprint density at radius 1 is 0.875 bits per heavy atom. The van der Waals surface area contributed by atoms with Gasteiger partial charge in [0.1, 0.15) is 11.6 Å². The van der Waals surface area contributed by atoms with Crippen molar-refractivity contribution in [2.24, 2.45) is 0 Å². The van der Waals surface area contributed by atoms with Crippen LogP contribution in [0.25, 0.3) is 12.2 Å². The predicted molar refractivity (Wildman–Crippen MR) is 91.3 cm³/mol. The van der Waals surface area contributed by atoms with Gasteiger partial charge in [0.2, 0.25) is 0 Å². The van der Waals surface area contributed by atoms with E-state index in [0.717, 1.165) is 0 Å². The summed E-state index contributed by atoms with van der Waals surface area (Å²) in [5.74, 6) is -0.755. The Morgan fingerprint density at radius 2 is 1.33 bits per heavy atom. The highest BCUT2D eigenvalue weighted by Gasteiger charge is 2.23. The summed E-state index contributed by atoms with van der Waals surface area (Å²) < 4.78 is 26.7. The van der Waals surface area contributed by atoms with Crippen LogP contribution in [0.3, 0.4) is 0 Å². The maximum Gasteiger partial charge on any atom is 0.187 e.